The highest BCUT2D eigenvalue weighted by Crippen LogP contribution is 2.29. The van der Waals surface area contributed by atoms with E-state index in [1.165, 1.54) is 0 Å². The van der Waals surface area contributed by atoms with Crippen LogP contribution in [-0.4, -0.2) is 25.7 Å². The number of aryl methyl sites for hydroxylation is 2. The molecule has 0 bridgehead atoms. The van der Waals surface area contributed by atoms with Gasteiger partial charge in [-0.2, -0.15) is 5.10 Å². The summed E-state index contributed by atoms with van der Waals surface area (Å²) in [5.41, 5.74) is 3.66. The predicted molar refractivity (Wildman–Crippen MR) is 102 cm³/mol. The summed E-state index contributed by atoms with van der Waals surface area (Å²) in [6.45, 7) is 2.27. The van der Waals surface area contributed by atoms with E-state index in [9.17, 15) is 4.79 Å². The Morgan fingerprint density at radius 2 is 2.15 bits per heavy atom. The molecule has 0 spiro atoms. The van der Waals surface area contributed by atoms with Crippen LogP contribution in [0.15, 0.2) is 48.0 Å². The topological polar surface area (TPSA) is 72.7 Å². The van der Waals surface area contributed by atoms with Crippen molar-refractivity contribution in [3.8, 4) is 10.6 Å². The fourth-order valence-corrected chi connectivity index (χ4v) is 3.63. The first-order valence-corrected chi connectivity index (χ1v) is 9.08. The van der Waals surface area contributed by atoms with Crippen LogP contribution in [0.3, 0.4) is 0 Å². The zero-order valence-corrected chi connectivity index (χ0v) is 15.2. The van der Waals surface area contributed by atoms with Gasteiger partial charge in [0.1, 0.15) is 0 Å². The molecular weight excluding hydrogens is 346 g/mol. The lowest BCUT2D eigenvalue weighted by Gasteiger charge is -2.08. The first-order valence-electron chi connectivity index (χ1n) is 8.20. The molecule has 0 unspecified atom stereocenters. The van der Waals surface area contributed by atoms with Crippen molar-refractivity contribution in [3.05, 3.63) is 64.9 Å². The van der Waals surface area contributed by atoms with Gasteiger partial charge in [-0.05, 0) is 36.6 Å². The average Bonchev–Trinajstić information content (AvgIpc) is 3.29. The summed E-state index contributed by atoms with van der Waals surface area (Å²) >= 11 is 1.59. The monoisotopic (exact) mass is 363 g/mol. The van der Waals surface area contributed by atoms with Gasteiger partial charge in [-0.3, -0.25) is 14.5 Å². The van der Waals surface area contributed by atoms with E-state index < -0.39 is 0 Å². The molecule has 1 amide bonds. The third-order valence-electron chi connectivity index (χ3n) is 4.14. The molecule has 0 radical (unpaired) electrons. The number of hydrogen-bond donors (Lipinski definition) is 1. The first kappa shape index (κ1) is 16.4. The van der Waals surface area contributed by atoms with E-state index in [1.807, 2.05) is 55.7 Å². The van der Waals surface area contributed by atoms with Gasteiger partial charge in [0.25, 0.3) is 5.91 Å². The lowest BCUT2D eigenvalue weighted by atomic mass is 10.1. The molecule has 1 N–H and O–H groups in total. The Kier molecular flexibility index (Phi) is 4.22. The number of carbonyl (C=O) groups excluding carboxylic acids is 1. The van der Waals surface area contributed by atoms with Gasteiger partial charge in [0, 0.05) is 13.2 Å². The smallest absolute Gasteiger partial charge is 0.252 e. The molecule has 6 nitrogen and oxygen atoms in total. The minimum atomic E-state index is -0.156. The highest BCUT2D eigenvalue weighted by Gasteiger charge is 2.19. The quantitative estimate of drug-likeness (QED) is 0.604. The third kappa shape index (κ3) is 2.97. The molecule has 4 heterocycles. The number of nitrogens with zero attached hydrogens (tertiary/aromatic N) is 4. The normalized spacial score (nSPS) is 11.0. The zero-order valence-electron chi connectivity index (χ0n) is 14.4. The molecular formula is C19H17N5OS. The van der Waals surface area contributed by atoms with Crippen LogP contribution in [0, 0.1) is 6.92 Å². The lowest BCUT2D eigenvalue weighted by molar-refractivity contribution is 0.0952. The summed E-state index contributed by atoms with van der Waals surface area (Å²) in [4.78, 5) is 22.9. The number of aromatic nitrogens is 4. The van der Waals surface area contributed by atoms with E-state index in [4.69, 9.17) is 4.98 Å². The molecule has 0 aliphatic carbocycles. The molecule has 0 aliphatic rings. The highest BCUT2D eigenvalue weighted by molar-refractivity contribution is 7.13. The summed E-state index contributed by atoms with van der Waals surface area (Å²) in [6.07, 6.45) is 1.71. The number of amides is 1. The van der Waals surface area contributed by atoms with Crippen molar-refractivity contribution in [2.75, 3.05) is 0 Å². The van der Waals surface area contributed by atoms with Gasteiger partial charge in [0.2, 0.25) is 0 Å². The van der Waals surface area contributed by atoms with Crippen molar-refractivity contribution in [1.29, 1.82) is 0 Å². The van der Waals surface area contributed by atoms with Crippen LogP contribution in [-0.2, 0) is 13.6 Å². The number of hydrogen-bond acceptors (Lipinski definition) is 5. The number of thiophene rings is 1. The number of nitrogens with one attached hydrogen (secondary N) is 1. The van der Waals surface area contributed by atoms with E-state index in [-0.39, 0.29) is 5.91 Å². The second-order valence-electron chi connectivity index (χ2n) is 5.94. The Hall–Kier alpha value is -3.06. The average molecular weight is 363 g/mol. The standard InChI is InChI=1S/C19H17N5OS/c1-12-17-14(19(25)21-11-13-6-3-4-8-20-13)10-15(16-7-5-9-26-16)22-18(17)24(2)23-12/h3-10H,11H2,1-2H3,(H,21,25). The number of carbonyl (C=O) groups is 1. The van der Waals surface area contributed by atoms with Gasteiger partial charge < -0.3 is 5.32 Å². The SMILES string of the molecule is Cc1nn(C)c2nc(-c3cccs3)cc(C(=O)NCc3ccccn3)c12. The van der Waals surface area contributed by atoms with Crippen LogP contribution in [0.25, 0.3) is 21.6 Å². The van der Waals surface area contributed by atoms with Crippen molar-refractivity contribution < 1.29 is 4.79 Å². The van der Waals surface area contributed by atoms with Gasteiger partial charge in [-0.25, -0.2) is 4.98 Å². The van der Waals surface area contributed by atoms with Gasteiger partial charge in [0.05, 0.1) is 39.5 Å². The summed E-state index contributed by atoms with van der Waals surface area (Å²) in [6, 6.07) is 11.5. The van der Waals surface area contributed by atoms with E-state index >= 15 is 0 Å². The third-order valence-corrected chi connectivity index (χ3v) is 5.04. The number of pyridine rings is 2. The molecule has 0 fully saturated rings. The maximum Gasteiger partial charge on any atom is 0.252 e. The number of fused-ring (bicyclic) bond motifs is 1. The zero-order chi connectivity index (χ0) is 18.1. The second kappa shape index (κ2) is 6.68. The maximum atomic E-state index is 12.9. The minimum absolute atomic E-state index is 0.156. The summed E-state index contributed by atoms with van der Waals surface area (Å²) in [5.74, 6) is -0.156. The Balaban J connectivity index is 1.76. The predicted octanol–water partition coefficient (Wildman–Crippen LogP) is 3.33. The van der Waals surface area contributed by atoms with Crippen LogP contribution in [0.5, 0.6) is 0 Å². The molecule has 4 rings (SSSR count). The molecule has 130 valence electrons. The van der Waals surface area contributed by atoms with Gasteiger partial charge in [-0.15, -0.1) is 11.3 Å². The van der Waals surface area contributed by atoms with Crippen LogP contribution in [0.4, 0.5) is 0 Å². The molecule has 0 saturated heterocycles. The molecule has 0 aromatic carbocycles. The van der Waals surface area contributed by atoms with E-state index in [2.05, 4.69) is 15.4 Å². The molecule has 0 atom stereocenters. The Morgan fingerprint density at radius 1 is 1.27 bits per heavy atom. The number of rotatable bonds is 4. The second-order valence-corrected chi connectivity index (χ2v) is 6.89. The molecule has 0 aliphatic heterocycles. The largest absolute Gasteiger partial charge is 0.346 e. The van der Waals surface area contributed by atoms with Crippen LogP contribution < -0.4 is 5.32 Å². The summed E-state index contributed by atoms with van der Waals surface area (Å²) < 4.78 is 1.72. The van der Waals surface area contributed by atoms with Crippen molar-refractivity contribution >= 4 is 28.3 Å². The van der Waals surface area contributed by atoms with Crippen LogP contribution >= 0.6 is 11.3 Å². The Morgan fingerprint density at radius 3 is 2.88 bits per heavy atom. The lowest BCUT2D eigenvalue weighted by Crippen LogP contribution is -2.23. The molecule has 7 heteroatoms. The first-order chi connectivity index (χ1) is 12.6. The fraction of sp³-hybridized carbons (Fsp3) is 0.158. The molecule has 0 saturated carbocycles. The van der Waals surface area contributed by atoms with Crippen molar-refractivity contribution in [2.24, 2.45) is 7.05 Å². The maximum absolute atomic E-state index is 12.9. The Labute approximate surface area is 154 Å². The summed E-state index contributed by atoms with van der Waals surface area (Å²) in [5, 5.41) is 10.2. The fourth-order valence-electron chi connectivity index (χ4n) is 2.94. The van der Waals surface area contributed by atoms with Crippen LogP contribution in [0.1, 0.15) is 21.7 Å². The van der Waals surface area contributed by atoms with Crippen molar-refractivity contribution in [3.63, 3.8) is 0 Å². The van der Waals surface area contributed by atoms with E-state index in [0.29, 0.717) is 17.8 Å². The van der Waals surface area contributed by atoms with E-state index in [1.54, 1.807) is 22.2 Å². The van der Waals surface area contributed by atoms with Gasteiger partial charge >= 0.3 is 0 Å². The minimum Gasteiger partial charge on any atom is -0.346 e. The summed E-state index contributed by atoms with van der Waals surface area (Å²) in [7, 11) is 1.84. The molecule has 26 heavy (non-hydrogen) atoms. The molecule has 4 aromatic rings. The Bertz CT molecular complexity index is 1070. The molecule has 4 aromatic heterocycles. The van der Waals surface area contributed by atoms with E-state index in [0.717, 1.165) is 27.3 Å². The highest BCUT2D eigenvalue weighted by atomic mass is 32.1. The van der Waals surface area contributed by atoms with Gasteiger partial charge in [0.15, 0.2) is 5.65 Å². The van der Waals surface area contributed by atoms with Gasteiger partial charge in [-0.1, -0.05) is 12.1 Å². The van der Waals surface area contributed by atoms with Crippen LogP contribution in [0.2, 0.25) is 0 Å². The van der Waals surface area contributed by atoms with Crippen molar-refractivity contribution in [1.82, 2.24) is 25.1 Å². The van der Waals surface area contributed by atoms with Crippen molar-refractivity contribution in [2.45, 2.75) is 13.5 Å².